The Balaban J connectivity index is 1.28. The third-order valence-electron chi connectivity index (χ3n) is 5.92. The van der Waals surface area contributed by atoms with Crippen LogP contribution in [0.5, 0.6) is 11.5 Å². The molecule has 2 heterocycles. The van der Waals surface area contributed by atoms with E-state index in [2.05, 4.69) is 4.98 Å². The highest BCUT2D eigenvalue weighted by molar-refractivity contribution is 5.67. The second-order valence-corrected chi connectivity index (χ2v) is 8.42. The molecule has 37 heavy (non-hydrogen) atoms. The summed E-state index contributed by atoms with van der Waals surface area (Å²) < 4.78 is 6.08. The quantitative estimate of drug-likeness (QED) is 0.245. The van der Waals surface area contributed by atoms with Gasteiger partial charge in [-0.1, -0.05) is 72.8 Å². The normalized spacial score (nSPS) is 10.7. The standard InChI is InChI=1S/C32H22N4O/c1-3-7-25(8-4-1)30-34-31(26-9-5-2-6-10-26)36-32(35-30)27-13-17-29(18-14-27)37-28-15-11-23(12-16-28)24-19-21-33-22-20-24/h1-22H. The van der Waals surface area contributed by atoms with E-state index in [1.165, 1.54) is 0 Å². The minimum atomic E-state index is 0.612. The van der Waals surface area contributed by atoms with Crippen LogP contribution < -0.4 is 4.74 Å². The number of hydrogen-bond donors (Lipinski definition) is 0. The summed E-state index contributed by atoms with van der Waals surface area (Å²) in [5.74, 6) is 3.39. The molecule has 0 bridgehead atoms. The minimum absolute atomic E-state index is 0.612. The molecular formula is C32H22N4O. The lowest BCUT2D eigenvalue weighted by Crippen LogP contribution is -2.00. The first kappa shape index (κ1) is 22.3. The number of hydrogen-bond acceptors (Lipinski definition) is 5. The molecule has 0 fully saturated rings. The van der Waals surface area contributed by atoms with Crippen molar-refractivity contribution < 1.29 is 4.74 Å². The van der Waals surface area contributed by atoms with Crippen molar-refractivity contribution in [3.8, 4) is 56.8 Å². The van der Waals surface area contributed by atoms with E-state index in [1.54, 1.807) is 12.4 Å². The van der Waals surface area contributed by atoms with E-state index >= 15 is 0 Å². The molecule has 0 unspecified atom stereocenters. The van der Waals surface area contributed by atoms with Gasteiger partial charge in [0.15, 0.2) is 17.5 Å². The molecule has 0 saturated heterocycles. The first-order chi connectivity index (χ1) is 18.3. The van der Waals surface area contributed by atoms with Crippen LogP contribution in [-0.4, -0.2) is 19.9 Å². The fraction of sp³-hybridized carbons (Fsp3) is 0. The molecule has 6 aromatic rings. The average molecular weight is 479 g/mol. The Morgan fingerprint density at radius 2 is 0.730 bits per heavy atom. The number of rotatable bonds is 6. The molecule has 6 rings (SSSR count). The fourth-order valence-electron chi connectivity index (χ4n) is 4.01. The number of pyridine rings is 1. The van der Waals surface area contributed by atoms with Crippen molar-refractivity contribution >= 4 is 0 Å². The summed E-state index contributed by atoms with van der Waals surface area (Å²) in [6, 6.07) is 39.7. The molecule has 0 aliphatic rings. The summed E-state index contributed by atoms with van der Waals surface area (Å²) in [5, 5.41) is 0. The first-order valence-corrected chi connectivity index (χ1v) is 12.0. The predicted molar refractivity (Wildman–Crippen MR) is 146 cm³/mol. The van der Waals surface area contributed by atoms with Gasteiger partial charge in [0.2, 0.25) is 0 Å². The Labute approximate surface area is 215 Å². The van der Waals surface area contributed by atoms with Gasteiger partial charge in [-0.3, -0.25) is 4.98 Å². The second kappa shape index (κ2) is 10.2. The molecule has 0 spiro atoms. The van der Waals surface area contributed by atoms with Gasteiger partial charge in [0.25, 0.3) is 0 Å². The highest BCUT2D eigenvalue weighted by Gasteiger charge is 2.12. The molecule has 2 aromatic heterocycles. The van der Waals surface area contributed by atoms with E-state index in [0.717, 1.165) is 39.3 Å². The number of aromatic nitrogens is 4. The third-order valence-corrected chi connectivity index (χ3v) is 5.92. The molecule has 0 N–H and O–H groups in total. The van der Waals surface area contributed by atoms with Crippen LogP contribution in [0.3, 0.4) is 0 Å². The zero-order chi connectivity index (χ0) is 24.9. The molecule has 176 valence electrons. The zero-order valence-electron chi connectivity index (χ0n) is 19.9. The van der Waals surface area contributed by atoms with Crippen molar-refractivity contribution in [3.63, 3.8) is 0 Å². The summed E-state index contributed by atoms with van der Waals surface area (Å²) in [7, 11) is 0. The maximum Gasteiger partial charge on any atom is 0.164 e. The molecule has 5 nitrogen and oxygen atoms in total. The van der Waals surface area contributed by atoms with Crippen LogP contribution in [0.4, 0.5) is 0 Å². The van der Waals surface area contributed by atoms with Crippen molar-refractivity contribution in [2.75, 3.05) is 0 Å². The van der Waals surface area contributed by atoms with Crippen LogP contribution in [0.25, 0.3) is 45.3 Å². The molecule has 0 aliphatic heterocycles. The van der Waals surface area contributed by atoms with E-state index in [-0.39, 0.29) is 0 Å². The smallest absolute Gasteiger partial charge is 0.164 e. The van der Waals surface area contributed by atoms with Gasteiger partial charge in [0, 0.05) is 29.1 Å². The molecular weight excluding hydrogens is 456 g/mol. The molecule has 0 saturated carbocycles. The van der Waals surface area contributed by atoms with E-state index in [1.807, 2.05) is 121 Å². The van der Waals surface area contributed by atoms with E-state index < -0.39 is 0 Å². The summed E-state index contributed by atoms with van der Waals surface area (Å²) in [6.45, 7) is 0. The molecule has 0 aliphatic carbocycles. The second-order valence-electron chi connectivity index (χ2n) is 8.42. The summed E-state index contributed by atoms with van der Waals surface area (Å²) in [5.41, 5.74) is 5.01. The maximum absolute atomic E-state index is 6.08. The number of ether oxygens (including phenoxy) is 1. The van der Waals surface area contributed by atoms with Gasteiger partial charge in [0.05, 0.1) is 0 Å². The molecule has 0 amide bonds. The van der Waals surface area contributed by atoms with Crippen molar-refractivity contribution in [2.45, 2.75) is 0 Å². The Kier molecular flexibility index (Phi) is 6.16. The van der Waals surface area contributed by atoms with E-state index in [0.29, 0.717) is 17.5 Å². The monoisotopic (exact) mass is 478 g/mol. The Morgan fingerprint density at radius 3 is 1.19 bits per heavy atom. The van der Waals surface area contributed by atoms with Gasteiger partial charge in [-0.25, -0.2) is 15.0 Å². The van der Waals surface area contributed by atoms with Crippen molar-refractivity contribution in [2.24, 2.45) is 0 Å². The fourth-order valence-corrected chi connectivity index (χ4v) is 4.01. The minimum Gasteiger partial charge on any atom is -0.457 e. The summed E-state index contributed by atoms with van der Waals surface area (Å²) in [4.78, 5) is 18.4. The van der Waals surface area contributed by atoms with E-state index in [4.69, 9.17) is 19.7 Å². The molecule has 4 aromatic carbocycles. The van der Waals surface area contributed by atoms with Crippen LogP contribution in [0.2, 0.25) is 0 Å². The highest BCUT2D eigenvalue weighted by Crippen LogP contribution is 2.29. The van der Waals surface area contributed by atoms with Crippen LogP contribution in [0.1, 0.15) is 0 Å². The Hall–Kier alpha value is -5.16. The maximum atomic E-state index is 6.08. The molecule has 0 atom stereocenters. The van der Waals surface area contributed by atoms with Crippen LogP contribution >= 0.6 is 0 Å². The van der Waals surface area contributed by atoms with Gasteiger partial charge in [-0.15, -0.1) is 0 Å². The van der Waals surface area contributed by atoms with Crippen LogP contribution in [0, 0.1) is 0 Å². The molecule has 0 radical (unpaired) electrons. The first-order valence-electron chi connectivity index (χ1n) is 12.0. The molecule has 5 heteroatoms. The number of benzene rings is 4. The van der Waals surface area contributed by atoms with Gasteiger partial charge in [0.1, 0.15) is 11.5 Å². The zero-order valence-corrected chi connectivity index (χ0v) is 19.9. The Morgan fingerprint density at radius 1 is 0.351 bits per heavy atom. The van der Waals surface area contributed by atoms with Gasteiger partial charge >= 0.3 is 0 Å². The number of nitrogens with zero attached hydrogens (tertiary/aromatic N) is 4. The largest absolute Gasteiger partial charge is 0.457 e. The van der Waals surface area contributed by atoms with Gasteiger partial charge < -0.3 is 4.74 Å². The lowest BCUT2D eigenvalue weighted by atomic mass is 10.1. The summed E-state index contributed by atoms with van der Waals surface area (Å²) in [6.07, 6.45) is 3.58. The van der Waals surface area contributed by atoms with Crippen molar-refractivity contribution in [1.29, 1.82) is 0 Å². The van der Waals surface area contributed by atoms with Crippen molar-refractivity contribution in [3.05, 3.63) is 134 Å². The van der Waals surface area contributed by atoms with Gasteiger partial charge in [-0.05, 0) is 59.7 Å². The third kappa shape index (κ3) is 5.11. The lowest BCUT2D eigenvalue weighted by Gasteiger charge is -2.10. The van der Waals surface area contributed by atoms with Gasteiger partial charge in [-0.2, -0.15) is 0 Å². The van der Waals surface area contributed by atoms with Crippen LogP contribution in [-0.2, 0) is 0 Å². The van der Waals surface area contributed by atoms with E-state index in [9.17, 15) is 0 Å². The highest BCUT2D eigenvalue weighted by atomic mass is 16.5. The SMILES string of the molecule is c1ccc(-c2nc(-c3ccccc3)nc(-c3ccc(Oc4ccc(-c5ccncc5)cc4)cc3)n2)cc1. The average Bonchev–Trinajstić information content (AvgIpc) is 2.99. The summed E-state index contributed by atoms with van der Waals surface area (Å²) >= 11 is 0. The topological polar surface area (TPSA) is 60.8 Å². The lowest BCUT2D eigenvalue weighted by molar-refractivity contribution is 0.483. The Bertz CT molecular complexity index is 1550. The van der Waals surface area contributed by atoms with Crippen molar-refractivity contribution in [1.82, 2.24) is 19.9 Å². The predicted octanol–water partition coefficient (Wildman–Crippen LogP) is 7.73. The van der Waals surface area contributed by atoms with Crippen LogP contribution in [0.15, 0.2) is 134 Å².